The van der Waals surface area contributed by atoms with E-state index >= 15 is 0 Å². The monoisotopic (exact) mass is 283 g/mol. The molecule has 5 nitrogen and oxygen atoms in total. The smallest absolute Gasteiger partial charge is 0.163 e. The zero-order chi connectivity index (χ0) is 14.2. The van der Waals surface area contributed by atoms with Crippen LogP contribution in [0.1, 0.15) is 37.4 Å². The maximum absolute atomic E-state index is 8.90. The Kier molecular flexibility index (Phi) is 2.95. The molecule has 0 spiro atoms. The summed E-state index contributed by atoms with van der Waals surface area (Å²) in [6.45, 7) is 1.86. The lowest BCUT2D eigenvalue weighted by Crippen LogP contribution is -2.16. The first kappa shape index (κ1) is 12.5. The van der Waals surface area contributed by atoms with Crippen LogP contribution in [0, 0.1) is 11.3 Å². The number of ether oxygens (including phenoxy) is 2. The Bertz CT molecular complexity index is 725. The molecule has 1 aliphatic carbocycles. The number of aryl methyl sites for hydroxylation is 1. The van der Waals surface area contributed by atoms with Crippen molar-refractivity contribution in [2.75, 3.05) is 13.2 Å². The summed E-state index contributed by atoms with van der Waals surface area (Å²) in [7, 11) is 0. The largest absolute Gasteiger partial charge is 0.486 e. The molecule has 0 atom stereocenters. The van der Waals surface area contributed by atoms with Gasteiger partial charge in [0.15, 0.2) is 11.5 Å². The third-order valence-electron chi connectivity index (χ3n) is 4.36. The SMILES string of the molecule is N#CCCn1c(C2CCC2)nc2cc3c(cc21)OCCO3. The molecule has 4 rings (SSSR count). The fourth-order valence-electron chi connectivity index (χ4n) is 3.06. The number of hydrogen-bond donors (Lipinski definition) is 0. The molecule has 0 saturated heterocycles. The highest BCUT2D eigenvalue weighted by Crippen LogP contribution is 2.40. The molecule has 0 amide bonds. The average Bonchev–Trinajstić information content (AvgIpc) is 2.78. The topological polar surface area (TPSA) is 60.1 Å². The van der Waals surface area contributed by atoms with E-state index in [9.17, 15) is 0 Å². The van der Waals surface area contributed by atoms with Gasteiger partial charge >= 0.3 is 0 Å². The van der Waals surface area contributed by atoms with Gasteiger partial charge in [-0.05, 0) is 12.8 Å². The summed E-state index contributed by atoms with van der Waals surface area (Å²) in [6.07, 6.45) is 4.17. The van der Waals surface area contributed by atoms with Crippen LogP contribution < -0.4 is 9.47 Å². The van der Waals surface area contributed by atoms with E-state index in [-0.39, 0.29) is 0 Å². The molecule has 0 unspecified atom stereocenters. The van der Waals surface area contributed by atoms with Gasteiger partial charge in [-0.3, -0.25) is 0 Å². The van der Waals surface area contributed by atoms with Crippen molar-refractivity contribution in [1.29, 1.82) is 5.26 Å². The molecule has 2 aliphatic rings. The average molecular weight is 283 g/mol. The van der Waals surface area contributed by atoms with Crippen molar-refractivity contribution in [2.24, 2.45) is 0 Å². The third-order valence-corrected chi connectivity index (χ3v) is 4.36. The van der Waals surface area contributed by atoms with Crippen LogP contribution in [0.3, 0.4) is 0 Å². The summed E-state index contributed by atoms with van der Waals surface area (Å²) in [4.78, 5) is 4.81. The van der Waals surface area contributed by atoms with Crippen molar-refractivity contribution in [1.82, 2.24) is 9.55 Å². The number of hydrogen-bond acceptors (Lipinski definition) is 4. The van der Waals surface area contributed by atoms with Gasteiger partial charge in [-0.1, -0.05) is 6.42 Å². The van der Waals surface area contributed by atoms with Crippen molar-refractivity contribution in [3.63, 3.8) is 0 Å². The molecule has 0 radical (unpaired) electrons. The van der Waals surface area contributed by atoms with E-state index in [1.165, 1.54) is 19.3 Å². The highest BCUT2D eigenvalue weighted by molar-refractivity contribution is 5.81. The molecule has 1 aliphatic heterocycles. The van der Waals surface area contributed by atoms with E-state index in [0.29, 0.717) is 32.1 Å². The minimum Gasteiger partial charge on any atom is -0.486 e. The van der Waals surface area contributed by atoms with Gasteiger partial charge in [0.1, 0.15) is 19.0 Å². The molecule has 108 valence electrons. The van der Waals surface area contributed by atoms with Gasteiger partial charge in [0.2, 0.25) is 0 Å². The predicted octanol–water partition coefficient (Wildman–Crippen LogP) is 2.99. The Labute approximate surface area is 123 Å². The summed E-state index contributed by atoms with van der Waals surface area (Å²) in [5.74, 6) is 3.22. The number of fused-ring (bicyclic) bond motifs is 2. The summed E-state index contributed by atoms with van der Waals surface area (Å²) in [6, 6.07) is 6.21. The minimum absolute atomic E-state index is 0.500. The van der Waals surface area contributed by atoms with Gasteiger partial charge in [-0.2, -0.15) is 5.26 Å². The number of nitrogens with zero attached hydrogens (tertiary/aromatic N) is 3. The zero-order valence-corrected chi connectivity index (χ0v) is 11.8. The summed E-state index contributed by atoms with van der Waals surface area (Å²) in [5, 5.41) is 8.90. The minimum atomic E-state index is 0.500. The van der Waals surface area contributed by atoms with Crippen LogP contribution in [0.4, 0.5) is 0 Å². The Morgan fingerprint density at radius 3 is 2.67 bits per heavy atom. The lowest BCUT2D eigenvalue weighted by molar-refractivity contribution is 0.172. The summed E-state index contributed by atoms with van der Waals surface area (Å²) in [5.41, 5.74) is 2.00. The Morgan fingerprint density at radius 2 is 2.00 bits per heavy atom. The van der Waals surface area contributed by atoms with Crippen molar-refractivity contribution in [3.05, 3.63) is 18.0 Å². The second-order valence-electron chi connectivity index (χ2n) is 5.64. The normalized spacial score (nSPS) is 17.5. The molecule has 0 N–H and O–H groups in total. The molecular formula is C16H17N3O2. The lowest BCUT2D eigenvalue weighted by Gasteiger charge is -2.25. The van der Waals surface area contributed by atoms with Crippen LogP contribution in [0.25, 0.3) is 11.0 Å². The summed E-state index contributed by atoms with van der Waals surface area (Å²) >= 11 is 0. The van der Waals surface area contributed by atoms with Crippen molar-refractivity contribution < 1.29 is 9.47 Å². The molecule has 0 bridgehead atoms. The van der Waals surface area contributed by atoms with Crippen molar-refractivity contribution in [2.45, 2.75) is 38.1 Å². The van der Waals surface area contributed by atoms with Gasteiger partial charge < -0.3 is 14.0 Å². The van der Waals surface area contributed by atoms with Crippen LogP contribution in [-0.2, 0) is 6.54 Å². The highest BCUT2D eigenvalue weighted by Gasteiger charge is 2.26. The first-order valence-corrected chi connectivity index (χ1v) is 7.53. The van der Waals surface area contributed by atoms with Gasteiger partial charge in [-0.15, -0.1) is 0 Å². The Morgan fingerprint density at radius 1 is 1.24 bits per heavy atom. The Balaban J connectivity index is 1.85. The second-order valence-corrected chi connectivity index (χ2v) is 5.64. The molecule has 1 aromatic carbocycles. The number of rotatable bonds is 3. The molecule has 1 saturated carbocycles. The van der Waals surface area contributed by atoms with Gasteiger partial charge in [0.05, 0.1) is 23.5 Å². The molecule has 21 heavy (non-hydrogen) atoms. The van der Waals surface area contributed by atoms with Gasteiger partial charge in [0.25, 0.3) is 0 Å². The molecule has 1 aromatic heterocycles. The van der Waals surface area contributed by atoms with E-state index in [2.05, 4.69) is 10.6 Å². The standard InChI is InChI=1S/C16H17N3O2/c17-5-2-6-19-13-10-15-14(20-7-8-21-15)9-12(13)18-16(19)11-3-1-4-11/h9-11H,1-4,6-8H2. The van der Waals surface area contributed by atoms with E-state index in [4.69, 9.17) is 19.7 Å². The van der Waals surface area contributed by atoms with Crippen LogP contribution >= 0.6 is 0 Å². The van der Waals surface area contributed by atoms with E-state index in [1.54, 1.807) is 0 Å². The van der Waals surface area contributed by atoms with Crippen LogP contribution in [0.2, 0.25) is 0 Å². The van der Waals surface area contributed by atoms with Crippen LogP contribution in [-0.4, -0.2) is 22.8 Å². The maximum Gasteiger partial charge on any atom is 0.163 e. The first-order chi connectivity index (χ1) is 10.4. The number of benzene rings is 1. The van der Waals surface area contributed by atoms with Crippen molar-refractivity contribution in [3.8, 4) is 17.6 Å². The zero-order valence-electron chi connectivity index (χ0n) is 11.8. The number of aromatic nitrogens is 2. The molecule has 2 heterocycles. The number of nitriles is 1. The van der Waals surface area contributed by atoms with Crippen molar-refractivity contribution >= 4 is 11.0 Å². The molecule has 2 aromatic rings. The molecule has 1 fully saturated rings. The fraction of sp³-hybridized carbons (Fsp3) is 0.500. The van der Waals surface area contributed by atoms with E-state index < -0.39 is 0 Å². The fourth-order valence-corrected chi connectivity index (χ4v) is 3.06. The molecular weight excluding hydrogens is 266 g/mol. The quantitative estimate of drug-likeness (QED) is 0.868. The maximum atomic E-state index is 8.90. The predicted molar refractivity (Wildman–Crippen MR) is 77.5 cm³/mol. The summed E-state index contributed by atoms with van der Waals surface area (Å²) < 4.78 is 13.5. The van der Waals surface area contributed by atoms with Gasteiger partial charge in [0, 0.05) is 24.6 Å². The highest BCUT2D eigenvalue weighted by atomic mass is 16.6. The Hall–Kier alpha value is -2.22. The first-order valence-electron chi connectivity index (χ1n) is 7.53. The number of imidazole rings is 1. The van der Waals surface area contributed by atoms with Gasteiger partial charge in [-0.25, -0.2) is 4.98 Å². The lowest BCUT2D eigenvalue weighted by atomic mass is 9.85. The second kappa shape index (κ2) is 4.96. The van der Waals surface area contributed by atoms with Crippen LogP contribution in [0.5, 0.6) is 11.5 Å². The molecule has 5 heteroatoms. The third kappa shape index (κ3) is 2.02. The van der Waals surface area contributed by atoms with Crippen LogP contribution in [0.15, 0.2) is 12.1 Å². The van der Waals surface area contributed by atoms with E-state index in [1.807, 2.05) is 12.1 Å². The van der Waals surface area contributed by atoms with E-state index in [0.717, 1.165) is 28.4 Å².